The molecule has 0 N–H and O–H groups in total. The Bertz CT molecular complexity index is 416. The zero-order valence-corrected chi connectivity index (χ0v) is 9.76. The Morgan fingerprint density at radius 3 is 1.88 bits per heavy atom. The zero-order chi connectivity index (χ0) is 14.0. The Labute approximate surface area is 93.1 Å². The van der Waals surface area contributed by atoms with E-state index in [2.05, 4.69) is 6.07 Å². The summed E-state index contributed by atoms with van der Waals surface area (Å²) >= 11 is 0. The molecule has 0 aliphatic heterocycles. The van der Waals surface area contributed by atoms with Crippen molar-refractivity contribution in [2.75, 3.05) is 0 Å². The van der Waals surface area contributed by atoms with E-state index in [-0.39, 0.29) is 6.04 Å². The monoisotopic (exact) mass is 281 g/mol. The van der Waals surface area contributed by atoms with Crippen LogP contribution >= 0.6 is 7.81 Å². The van der Waals surface area contributed by atoms with Gasteiger partial charge < -0.3 is 0 Å². The van der Waals surface area contributed by atoms with Crippen molar-refractivity contribution < 1.29 is 29.7 Å². The standard InChI is InChI=1S/C7H10N3.F6P/c1-7(5-8)10-4-3-9(2)6-10;1-7(2,3,4,5)6/h3-4,6-7H,1-2H3;/q+1;-1. The Morgan fingerprint density at radius 1 is 1.24 bits per heavy atom. The third-order valence-corrected chi connectivity index (χ3v) is 1.42. The SMILES string of the molecule is CC(C#N)n1cc[n+](C)c1.F[P-](F)(F)(F)(F)F. The predicted octanol–water partition coefficient (Wildman–Crippen LogP) is 3.78. The van der Waals surface area contributed by atoms with Gasteiger partial charge in [0, 0.05) is 0 Å². The molecule has 1 rings (SSSR count). The van der Waals surface area contributed by atoms with Gasteiger partial charge in [0.05, 0.1) is 7.05 Å². The molecule has 1 heterocycles. The van der Waals surface area contributed by atoms with E-state index in [0.717, 1.165) is 0 Å². The fraction of sp³-hybridized carbons (Fsp3) is 0.429. The van der Waals surface area contributed by atoms with Crippen LogP contribution in [0.4, 0.5) is 25.2 Å². The molecule has 0 spiro atoms. The van der Waals surface area contributed by atoms with Crippen molar-refractivity contribution in [3.8, 4) is 6.07 Å². The average molecular weight is 281 g/mol. The summed E-state index contributed by atoms with van der Waals surface area (Å²) < 4.78 is 63.0. The molecule has 3 nitrogen and oxygen atoms in total. The summed E-state index contributed by atoms with van der Waals surface area (Å²) in [5.41, 5.74) is 0. The van der Waals surface area contributed by atoms with E-state index in [0.29, 0.717) is 0 Å². The first kappa shape index (κ1) is 15.7. The maximum absolute atomic E-state index is 10.7. The first-order chi connectivity index (χ1) is 7.19. The molecule has 0 radical (unpaired) electrons. The summed E-state index contributed by atoms with van der Waals surface area (Å²) in [6.07, 6.45) is 5.68. The van der Waals surface area contributed by atoms with E-state index >= 15 is 0 Å². The summed E-state index contributed by atoms with van der Waals surface area (Å²) in [5.74, 6) is 0. The van der Waals surface area contributed by atoms with Crippen LogP contribution in [0.1, 0.15) is 13.0 Å². The minimum atomic E-state index is -10.7. The van der Waals surface area contributed by atoms with Gasteiger partial charge in [-0.15, -0.1) is 0 Å². The van der Waals surface area contributed by atoms with Gasteiger partial charge in [-0.25, -0.2) is 9.13 Å². The van der Waals surface area contributed by atoms with Crippen LogP contribution in [0, 0.1) is 11.3 Å². The van der Waals surface area contributed by atoms with Crippen LogP contribution in [0.5, 0.6) is 0 Å². The number of nitriles is 1. The molecule has 1 atom stereocenters. The van der Waals surface area contributed by atoms with Crippen molar-refractivity contribution in [3.63, 3.8) is 0 Å². The van der Waals surface area contributed by atoms with Gasteiger partial charge >= 0.3 is 33.0 Å². The molecule has 0 amide bonds. The molecule has 1 aromatic rings. The number of rotatable bonds is 1. The van der Waals surface area contributed by atoms with Crippen LogP contribution in [0.3, 0.4) is 0 Å². The van der Waals surface area contributed by atoms with Gasteiger partial charge in [-0.2, -0.15) is 5.26 Å². The molecule has 10 heteroatoms. The maximum atomic E-state index is 9.87. The first-order valence-corrected chi connectivity index (χ1v) is 6.20. The van der Waals surface area contributed by atoms with E-state index in [1.807, 2.05) is 41.8 Å². The molecule has 1 unspecified atom stereocenters. The van der Waals surface area contributed by atoms with Crippen molar-refractivity contribution in [3.05, 3.63) is 18.7 Å². The summed E-state index contributed by atoms with van der Waals surface area (Å²) in [7, 11) is -8.73. The third kappa shape index (κ3) is 12.6. The van der Waals surface area contributed by atoms with Gasteiger partial charge in [0.1, 0.15) is 18.5 Å². The number of aromatic nitrogens is 2. The molecule has 0 bridgehead atoms. The number of aryl methyl sites for hydroxylation is 1. The molecule has 17 heavy (non-hydrogen) atoms. The Morgan fingerprint density at radius 2 is 1.65 bits per heavy atom. The van der Waals surface area contributed by atoms with E-state index in [9.17, 15) is 25.2 Å². The topological polar surface area (TPSA) is 32.6 Å². The molecular formula is C7H10F6N3P. The first-order valence-electron chi connectivity index (χ1n) is 4.18. The Kier molecular flexibility index (Phi) is 3.58. The minimum absolute atomic E-state index is 0.0683. The molecule has 100 valence electrons. The second-order valence-electron chi connectivity index (χ2n) is 3.29. The van der Waals surface area contributed by atoms with Crippen molar-refractivity contribution in [2.24, 2.45) is 7.05 Å². The summed E-state index contributed by atoms with van der Waals surface area (Å²) in [6, 6.07) is 2.08. The van der Waals surface area contributed by atoms with E-state index in [1.54, 1.807) is 0 Å². The average Bonchev–Trinajstić information content (AvgIpc) is 2.44. The number of hydrogen-bond donors (Lipinski definition) is 0. The molecule has 0 fully saturated rings. The molecule has 0 saturated carbocycles. The third-order valence-electron chi connectivity index (χ3n) is 1.42. The fourth-order valence-electron chi connectivity index (χ4n) is 0.765. The van der Waals surface area contributed by atoms with Crippen LogP contribution < -0.4 is 4.57 Å². The van der Waals surface area contributed by atoms with E-state index < -0.39 is 7.81 Å². The van der Waals surface area contributed by atoms with Crippen molar-refractivity contribution in [1.82, 2.24) is 4.57 Å². The predicted molar refractivity (Wildman–Crippen MR) is 49.5 cm³/mol. The molecule has 0 aliphatic carbocycles. The molecule has 1 aromatic heterocycles. The van der Waals surface area contributed by atoms with Crippen LogP contribution in [0.25, 0.3) is 0 Å². The second-order valence-corrected chi connectivity index (χ2v) is 5.21. The number of imidazole rings is 1. The number of halogens is 6. The molecular weight excluding hydrogens is 271 g/mol. The van der Waals surface area contributed by atoms with Crippen molar-refractivity contribution in [2.45, 2.75) is 13.0 Å². The van der Waals surface area contributed by atoms with E-state index in [1.165, 1.54) is 0 Å². The summed E-state index contributed by atoms with van der Waals surface area (Å²) in [5, 5.41) is 8.52. The number of nitrogens with zero attached hydrogens (tertiary/aromatic N) is 3. The van der Waals surface area contributed by atoms with Crippen LogP contribution in [0.15, 0.2) is 18.7 Å². The Hall–Kier alpha value is -1.29. The van der Waals surface area contributed by atoms with Crippen LogP contribution in [-0.2, 0) is 7.05 Å². The van der Waals surface area contributed by atoms with Crippen LogP contribution in [-0.4, -0.2) is 4.57 Å². The van der Waals surface area contributed by atoms with Gasteiger partial charge in [0.15, 0.2) is 6.04 Å². The summed E-state index contributed by atoms with van der Waals surface area (Å²) in [6.45, 7) is 1.86. The quantitative estimate of drug-likeness (QED) is 0.438. The van der Waals surface area contributed by atoms with Gasteiger partial charge in [0.25, 0.3) is 0 Å². The zero-order valence-electron chi connectivity index (χ0n) is 8.87. The van der Waals surface area contributed by atoms with Gasteiger partial charge in [-0.05, 0) is 6.92 Å². The molecule has 0 saturated heterocycles. The van der Waals surface area contributed by atoms with E-state index in [4.69, 9.17) is 5.26 Å². The normalized spacial score (nSPS) is 16.9. The Balaban J connectivity index is 0.000000325. The number of hydrogen-bond acceptors (Lipinski definition) is 1. The van der Waals surface area contributed by atoms with Crippen molar-refractivity contribution in [1.29, 1.82) is 5.26 Å². The van der Waals surface area contributed by atoms with Crippen LogP contribution in [0.2, 0.25) is 0 Å². The molecule has 0 aromatic carbocycles. The van der Waals surface area contributed by atoms with Gasteiger partial charge in [0.2, 0.25) is 6.33 Å². The molecule has 0 aliphatic rings. The van der Waals surface area contributed by atoms with Crippen molar-refractivity contribution >= 4 is 7.81 Å². The van der Waals surface area contributed by atoms with Gasteiger partial charge in [-0.3, -0.25) is 0 Å². The summed E-state index contributed by atoms with van der Waals surface area (Å²) in [4.78, 5) is 0. The second kappa shape index (κ2) is 3.88. The van der Waals surface area contributed by atoms with Gasteiger partial charge in [-0.1, -0.05) is 0 Å². The fourth-order valence-corrected chi connectivity index (χ4v) is 0.765.